The Hall–Kier alpha value is -0.883. The fourth-order valence-corrected chi connectivity index (χ4v) is 4.39. The van der Waals surface area contributed by atoms with Crippen molar-refractivity contribution >= 4 is 20.7 Å². The average Bonchev–Trinajstić information content (AvgIpc) is 2.74. The summed E-state index contributed by atoms with van der Waals surface area (Å²) < 4.78 is 12.1. The molecule has 0 bridgehead atoms. The van der Waals surface area contributed by atoms with Crippen molar-refractivity contribution in [2.75, 3.05) is 6.54 Å². The number of rotatable bonds is 5. The Morgan fingerprint density at radius 2 is 1.80 bits per heavy atom. The smallest absolute Gasteiger partial charge is 0.411 e. The number of nitrogens with zero attached hydrogens (tertiary/aromatic N) is 1. The van der Waals surface area contributed by atoms with Gasteiger partial charge in [-0.05, 0) is 45.3 Å². The standard InChI is InChI=1S/C19H37NO4Si/c1-10-11-19(14-21)12-15(24-25(8,9)18(5,6)7)13-20(19)16(22)23-17(2,3)4/h14-15H,10-13H2,1-9H3/t15-,19+/m1/s1. The minimum absolute atomic E-state index is 0.0843. The third kappa shape index (κ3) is 5.30. The molecule has 0 aromatic heterocycles. The van der Waals surface area contributed by atoms with Crippen LogP contribution >= 0.6 is 0 Å². The van der Waals surface area contributed by atoms with Crippen LogP contribution in [0.15, 0.2) is 0 Å². The van der Waals surface area contributed by atoms with E-state index in [2.05, 4.69) is 33.9 Å². The third-order valence-electron chi connectivity index (χ3n) is 5.29. The van der Waals surface area contributed by atoms with Gasteiger partial charge in [0, 0.05) is 6.42 Å². The van der Waals surface area contributed by atoms with Crippen LogP contribution in [0.2, 0.25) is 18.1 Å². The Bertz CT molecular complexity index is 493. The minimum atomic E-state index is -1.97. The molecule has 1 saturated heterocycles. The minimum Gasteiger partial charge on any atom is -0.444 e. The summed E-state index contributed by atoms with van der Waals surface area (Å²) in [6.07, 6.45) is 2.39. The van der Waals surface area contributed by atoms with E-state index < -0.39 is 25.6 Å². The Kier molecular flexibility index (Phi) is 6.55. The molecule has 2 atom stereocenters. The highest BCUT2D eigenvalue weighted by atomic mass is 28.4. The number of carbonyl (C=O) groups excluding carboxylic acids is 2. The predicted octanol–water partition coefficient (Wildman–Crippen LogP) is 4.76. The lowest BCUT2D eigenvalue weighted by atomic mass is 9.92. The topological polar surface area (TPSA) is 55.8 Å². The largest absolute Gasteiger partial charge is 0.444 e. The van der Waals surface area contributed by atoms with Crippen molar-refractivity contribution < 1.29 is 18.8 Å². The summed E-state index contributed by atoms with van der Waals surface area (Å²) >= 11 is 0. The van der Waals surface area contributed by atoms with Gasteiger partial charge in [0.1, 0.15) is 17.4 Å². The summed E-state index contributed by atoms with van der Waals surface area (Å²) in [6, 6.07) is 0. The normalized spacial score (nSPS) is 25.2. The van der Waals surface area contributed by atoms with Crippen LogP contribution in [0.4, 0.5) is 4.79 Å². The number of amides is 1. The second-order valence-electron chi connectivity index (χ2n) is 9.77. The van der Waals surface area contributed by atoms with Gasteiger partial charge in [0.15, 0.2) is 8.32 Å². The fraction of sp³-hybridized carbons (Fsp3) is 0.895. The van der Waals surface area contributed by atoms with E-state index in [9.17, 15) is 9.59 Å². The molecule has 25 heavy (non-hydrogen) atoms. The summed E-state index contributed by atoms with van der Waals surface area (Å²) in [6.45, 7) is 18.9. The van der Waals surface area contributed by atoms with Gasteiger partial charge in [-0.2, -0.15) is 0 Å². The van der Waals surface area contributed by atoms with Gasteiger partial charge in [0.2, 0.25) is 0 Å². The van der Waals surface area contributed by atoms with E-state index >= 15 is 0 Å². The second kappa shape index (κ2) is 7.39. The molecule has 1 aliphatic rings. The van der Waals surface area contributed by atoms with Gasteiger partial charge in [-0.25, -0.2) is 4.79 Å². The van der Waals surface area contributed by atoms with Crippen LogP contribution < -0.4 is 0 Å². The first kappa shape index (κ1) is 22.2. The maximum atomic E-state index is 12.7. The Morgan fingerprint density at radius 1 is 1.24 bits per heavy atom. The van der Waals surface area contributed by atoms with Crippen molar-refractivity contribution in [3.63, 3.8) is 0 Å². The van der Waals surface area contributed by atoms with E-state index in [0.717, 1.165) is 12.7 Å². The van der Waals surface area contributed by atoms with Crippen LogP contribution in [-0.2, 0) is 14.0 Å². The molecule has 0 radical (unpaired) electrons. The second-order valence-corrected chi connectivity index (χ2v) is 14.5. The average molecular weight is 372 g/mol. The summed E-state index contributed by atoms with van der Waals surface area (Å²) in [5.41, 5.74) is -1.40. The molecule has 5 nitrogen and oxygen atoms in total. The monoisotopic (exact) mass is 371 g/mol. The van der Waals surface area contributed by atoms with E-state index in [-0.39, 0.29) is 11.1 Å². The molecular formula is C19H37NO4Si. The van der Waals surface area contributed by atoms with Crippen molar-refractivity contribution in [2.45, 2.75) is 103 Å². The first-order valence-electron chi connectivity index (χ1n) is 9.32. The lowest BCUT2D eigenvalue weighted by molar-refractivity contribution is -0.117. The molecule has 0 aliphatic carbocycles. The molecule has 1 rings (SSSR count). The molecule has 0 saturated carbocycles. The van der Waals surface area contributed by atoms with Gasteiger partial charge in [0.25, 0.3) is 0 Å². The molecule has 146 valence electrons. The lowest BCUT2D eigenvalue weighted by Gasteiger charge is -2.38. The highest BCUT2D eigenvalue weighted by Crippen LogP contribution is 2.41. The van der Waals surface area contributed by atoms with E-state index in [1.165, 1.54) is 0 Å². The zero-order valence-corrected chi connectivity index (χ0v) is 18.6. The zero-order chi connectivity index (χ0) is 19.7. The van der Waals surface area contributed by atoms with Crippen LogP contribution in [0, 0.1) is 0 Å². The molecule has 1 fully saturated rings. The lowest BCUT2D eigenvalue weighted by Crippen LogP contribution is -2.50. The van der Waals surface area contributed by atoms with Crippen LogP contribution in [0.3, 0.4) is 0 Å². The SMILES string of the molecule is CCC[C@@]1(C=O)C[C@@H](O[Si](C)(C)C(C)(C)C)CN1C(=O)OC(C)(C)C. The van der Waals surface area contributed by atoms with Crippen LogP contribution in [-0.4, -0.2) is 49.4 Å². The number of aldehydes is 1. The van der Waals surface area contributed by atoms with E-state index in [1.807, 2.05) is 27.7 Å². The number of carbonyl (C=O) groups is 2. The molecule has 1 amide bonds. The highest BCUT2D eigenvalue weighted by Gasteiger charge is 2.51. The predicted molar refractivity (Wildman–Crippen MR) is 103 cm³/mol. The van der Waals surface area contributed by atoms with Crippen molar-refractivity contribution in [2.24, 2.45) is 0 Å². The van der Waals surface area contributed by atoms with Crippen LogP contribution in [0.1, 0.15) is 67.7 Å². The summed E-state index contributed by atoms with van der Waals surface area (Å²) in [5.74, 6) is 0. The molecule has 6 heteroatoms. The van der Waals surface area contributed by atoms with E-state index in [1.54, 1.807) is 4.90 Å². The maximum absolute atomic E-state index is 12.7. The van der Waals surface area contributed by atoms with Crippen LogP contribution in [0.5, 0.6) is 0 Å². The number of ether oxygens (including phenoxy) is 1. The van der Waals surface area contributed by atoms with E-state index in [0.29, 0.717) is 19.4 Å². The zero-order valence-electron chi connectivity index (χ0n) is 17.6. The first-order valence-corrected chi connectivity index (χ1v) is 12.2. The third-order valence-corrected chi connectivity index (χ3v) is 9.82. The van der Waals surface area contributed by atoms with Crippen molar-refractivity contribution in [1.82, 2.24) is 4.90 Å². The molecular weight excluding hydrogens is 334 g/mol. The van der Waals surface area contributed by atoms with Gasteiger partial charge >= 0.3 is 6.09 Å². The number of likely N-dealkylation sites (tertiary alicyclic amines) is 1. The molecule has 1 heterocycles. The molecule has 0 aromatic rings. The van der Waals surface area contributed by atoms with E-state index in [4.69, 9.17) is 9.16 Å². The summed E-state index contributed by atoms with van der Waals surface area (Å²) in [5, 5.41) is 0.0843. The van der Waals surface area contributed by atoms with Gasteiger partial charge in [0.05, 0.1) is 12.6 Å². The van der Waals surface area contributed by atoms with Gasteiger partial charge in [-0.1, -0.05) is 34.1 Å². The van der Waals surface area contributed by atoms with Crippen molar-refractivity contribution in [1.29, 1.82) is 0 Å². The van der Waals surface area contributed by atoms with Crippen molar-refractivity contribution in [3.05, 3.63) is 0 Å². The molecule has 0 unspecified atom stereocenters. The van der Waals surface area contributed by atoms with Crippen molar-refractivity contribution in [3.8, 4) is 0 Å². The number of hydrogen-bond donors (Lipinski definition) is 0. The quantitative estimate of drug-likeness (QED) is 0.517. The van der Waals surface area contributed by atoms with Gasteiger partial charge in [-0.3, -0.25) is 4.90 Å². The first-order chi connectivity index (χ1) is 11.2. The number of hydrogen-bond acceptors (Lipinski definition) is 4. The summed E-state index contributed by atoms with van der Waals surface area (Å²) in [7, 11) is -1.97. The van der Waals surface area contributed by atoms with Gasteiger partial charge in [-0.15, -0.1) is 0 Å². The fourth-order valence-electron chi connectivity index (χ4n) is 3.04. The molecule has 0 spiro atoms. The highest BCUT2D eigenvalue weighted by molar-refractivity contribution is 6.74. The van der Waals surface area contributed by atoms with Crippen LogP contribution in [0.25, 0.3) is 0 Å². The molecule has 0 aromatic carbocycles. The maximum Gasteiger partial charge on any atom is 0.411 e. The summed E-state index contributed by atoms with van der Waals surface area (Å²) in [4.78, 5) is 26.3. The Balaban J connectivity index is 3.06. The van der Waals surface area contributed by atoms with Gasteiger partial charge < -0.3 is 14.0 Å². The Morgan fingerprint density at radius 3 is 2.20 bits per heavy atom. The molecule has 1 aliphatic heterocycles. The molecule has 0 N–H and O–H groups in total. The Labute approximate surface area is 154 Å².